The van der Waals surface area contributed by atoms with Crippen LogP contribution in [0.1, 0.15) is 12.1 Å². The normalized spacial score (nSPS) is 11.8. The Morgan fingerprint density at radius 3 is 2.33 bits per heavy atom. The number of nitrogens with two attached hydrogens (primary N) is 1. The van der Waals surface area contributed by atoms with Gasteiger partial charge in [-0.2, -0.15) is 5.10 Å². The van der Waals surface area contributed by atoms with E-state index < -0.39 is 16.4 Å². The van der Waals surface area contributed by atoms with E-state index in [0.717, 1.165) is 3.57 Å². The van der Waals surface area contributed by atoms with Crippen molar-refractivity contribution >= 4 is 32.6 Å². The topological polar surface area (TPSA) is 87.2 Å². The molecule has 0 amide bonds. The summed E-state index contributed by atoms with van der Waals surface area (Å²) in [5.41, 5.74) is 1.14. The minimum atomic E-state index is -3.85. The van der Waals surface area contributed by atoms with Crippen molar-refractivity contribution in [2.75, 3.05) is 7.11 Å². The van der Waals surface area contributed by atoms with E-state index in [1.165, 1.54) is 35.0 Å². The largest absolute Gasteiger partial charge is 0.496 e. The van der Waals surface area contributed by atoms with E-state index in [9.17, 15) is 17.2 Å². The lowest BCUT2D eigenvalue weighted by Crippen LogP contribution is -2.12. The van der Waals surface area contributed by atoms with Gasteiger partial charge in [0.15, 0.2) is 0 Å². The van der Waals surface area contributed by atoms with Gasteiger partial charge in [-0.3, -0.25) is 0 Å². The molecule has 0 radical (unpaired) electrons. The number of nitrogens with zero attached hydrogens (tertiary/aromatic N) is 2. The Labute approximate surface area is 168 Å². The molecule has 6 nitrogen and oxygen atoms in total. The van der Waals surface area contributed by atoms with Crippen molar-refractivity contribution in [3.05, 3.63) is 57.8 Å². The minimum absolute atomic E-state index is 0.0759. The summed E-state index contributed by atoms with van der Waals surface area (Å²) in [6.45, 7) is 0. The molecule has 27 heavy (non-hydrogen) atoms. The second-order valence-corrected chi connectivity index (χ2v) is 8.28. The Morgan fingerprint density at radius 1 is 1.15 bits per heavy atom. The van der Waals surface area contributed by atoms with Crippen molar-refractivity contribution < 1.29 is 21.9 Å². The van der Waals surface area contributed by atoms with Crippen LogP contribution in [0, 0.1) is 3.57 Å². The van der Waals surface area contributed by atoms with Crippen molar-refractivity contribution in [3.8, 4) is 22.7 Å². The fourth-order valence-electron chi connectivity index (χ4n) is 2.51. The maximum Gasteiger partial charge on any atom is 0.282 e. The molecule has 142 valence electrons. The minimum Gasteiger partial charge on any atom is -0.496 e. The molecule has 0 unspecified atom stereocenters. The highest BCUT2D eigenvalue weighted by Gasteiger charge is 2.19. The van der Waals surface area contributed by atoms with Crippen molar-refractivity contribution in [1.82, 2.24) is 9.78 Å². The Hall–Kier alpha value is -2.05. The van der Waals surface area contributed by atoms with Gasteiger partial charge in [-0.15, -0.1) is 0 Å². The number of sulfonamides is 1. The van der Waals surface area contributed by atoms with Gasteiger partial charge in [0.1, 0.15) is 11.4 Å². The SMILES string of the molecule is [11CH3]Oc1ccc(-c2cc(C(F)F)nn2-c2ccc(S(N)(=O)=O)cc2)cc1[125I]. The van der Waals surface area contributed by atoms with Crippen LogP contribution in [0.4, 0.5) is 8.78 Å². The lowest BCUT2D eigenvalue weighted by atomic mass is 10.1. The summed E-state index contributed by atoms with van der Waals surface area (Å²) in [6.07, 6.45) is -2.74. The molecule has 3 rings (SSSR count). The molecular weight excluding hydrogens is 488 g/mol. The zero-order valence-electron chi connectivity index (χ0n) is 13.9. The summed E-state index contributed by atoms with van der Waals surface area (Å²) in [6, 6.07) is 12.1. The molecule has 10 heteroatoms. The van der Waals surface area contributed by atoms with Gasteiger partial charge >= 0.3 is 0 Å². The highest BCUT2D eigenvalue weighted by molar-refractivity contribution is 14.1. The van der Waals surface area contributed by atoms with Gasteiger partial charge in [-0.25, -0.2) is 27.0 Å². The van der Waals surface area contributed by atoms with Crippen LogP contribution in [-0.2, 0) is 10.0 Å². The quantitative estimate of drug-likeness (QED) is 0.539. The second-order valence-electron chi connectivity index (χ2n) is 5.56. The van der Waals surface area contributed by atoms with E-state index in [-0.39, 0.29) is 10.6 Å². The third-order valence-corrected chi connectivity index (χ3v) is 5.58. The zero-order valence-corrected chi connectivity index (χ0v) is 16.9. The summed E-state index contributed by atoms with van der Waals surface area (Å²) in [7, 11) is -2.31. The summed E-state index contributed by atoms with van der Waals surface area (Å²) in [5.74, 6) is 0.664. The number of hydrogen-bond acceptors (Lipinski definition) is 4. The number of hydrogen-bond donors (Lipinski definition) is 1. The first kappa shape index (κ1) is 19.7. The number of rotatable bonds is 5. The molecule has 0 aliphatic heterocycles. The first-order chi connectivity index (χ1) is 12.7. The number of benzene rings is 2. The summed E-state index contributed by atoms with van der Waals surface area (Å²) in [5, 5.41) is 9.06. The third-order valence-electron chi connectivity index (χ3n) is 3.81. The van der Waals surface area contributed by atoms with Gasteiger partial charge in [0.2, 0.25) is 10.0 Å². The van der Waals surface area contributed by atoms with Gasteiger partial charge in [-0.1, -0.05) is 0 Å². The molecule has 2 N–H and O–H groups in total. The van der Waals surface area contributed by atoms with Gasteiger partial charge in [0.25, 0.3) is 6.43 Å². The van der Waals surface area contributed by atoms with Gasteiger partial charge < -0.3 is 4.74 Å². The van der Waals surface area contributed by atoms with Gasteiger partial charge in [0.05, 0.1) is 27.0 Å². The van der Waals surface area contributed by atoms with Crippen LogP contribution in [0.5, 0.6) is 5.75 Å². The standard InChI is InChI=1S/C17H14F2IN3O3S/c1-26-16-7-2-10(8-13(16)20)15-9-14(17(18)19)22-23(15)11-3-5-12(6-4-11)27(21,24)25/h2-9,17H,1H3,(H2,21,24,25)/i1-1,20-2. The molecule has 0 saturated carbocycles. The summed E-state index contributed by atoms with van der Waals surface area (Å²) in [4.78, 5) is -0.0759. The average molecular weight is 502 g/mol. The number of alkyl halides is 2. The lowest BCUT2D eigenvalue weighted by Gasteiger charge is -2.10. The van der Waals surface area contributed by atoms with Crippen LogP contribution in [0.25, 0.3) is 16.9 Å². The molecule has 0 aliphatic carbocycles. The predicted octanol–water partition coefficient (Wildman–Crippen LogP) is 3.74. The maximum absolute atomic E-state index is 13.2. The first-order valence-electron chi connectivity index (χ1n) is 7.56. The number of methoxy groups -OCH3 is 1. The second kappa shape index (κ2) is 7.52. The van der Waals surface area contributed by atoms with Crippen molar-refractivity contribution in [1.29, 1.82) is 0 Å². The van der Waals surface area contributed by atoms with E-state index in [1.54, 1.807) is 25.3 Å². The van der Waals surface area contributed by atoms with Crippen LogP contribution in [-0.4, -0.2) is 25.3 Å². The number of aromatic nitrogens is 2. The molecule has 2 aromatic carbocycles. The number of primary sulfonamides is 1. The maximum atomic E-state index is 13.2. The van der Waals surface area contributed by atoms with Crippen LogP contribution in [0.15, 0.2) is 53.4 Å². The lowest BCUT2D eigenvalue weighted by molar-refractivity contribution is 0.145. The van der Waals surface area contributed by atoms with Gasteiger partial charge in [0, 0.05) is 5.56 Å². The van der Waals surface area contributed by atoms with Crippen molar-refractivity contribution in [2.45, 2.75) is 11.3 Å². The van der Waals surface area contributed by atoms with E-state index >= 15 is 0 Å². The van der Waals surface area contributed by atoms with Crippen LogP contribution >= 0.6 is 22.6 Å². The fourth-order valence-corrected chi connectivity index (χ4v) is 3.76. The van der Waals surface area contributed by atoms with Gasteiger partial charge in [-0.05, 0) is 71.1 Å². The Bertz CT molecular complexity index is 1080. The van der Waals surface area contributed by atoms with E-state index in [4.69, 9.17) is 9.88 Å². The van der Waals surface area contributed by atoms with Crippen LogP contribution < -0.4 is 9.88 Å². The predicted molar refractivity (Wildman–Crippen MR) is 105 cm³/mol. The molecule has 0 saturated heterocycles. The van der Waals surface area contributed by atoms with Crippen LogP contribution in [0.2, 0.25) is 0 Å². The van der Waals surface area contributed by atoms with Crippen molar-refractivity contribution in [2.24, 2.45) is 5.14 Å². The molecule has 3 aromatic rings. The molecule has 0 spiro atoms. The number of halogens is 3. The summed E-state index contributed by atoms with van der Waals surface area (Å²) >= 11 is 2.09. The van der Waals surface area contributed by atoms with E-state index in [2.05, 4.69) is 27.7 Å². The van der Waals surface area contributed by atoms with E-state index in [1.807, 2.05) is 0 Å². The zero-order chi connectivity index (χ0) is 19.8. The smallest absolute Gasteiger partial charge is 0.282 e. The number of ether oxygens (including phenoxy) is 1. The fraction of sp³-hybridized carbons (Fsp3) is 0.118. The highest BCUT2D eigenvalue weighted by Crippen LogP contribution is 2.32. The molecule has 1 heterocycles. The Kier molecular flexibility index (Phi) is 5.49. The molecule has 0 aliphatic rings. The average Bonchev–Trinajstić information content (AvgIpc) is 3.06. The molecule has 0 bridgehead atoms. The van der Waals surface area contributed by atoms with Crippen molar-refractivity contribution in [3.63, 3.8) is 0 Å². The third kappa shape index (κ3) is 4.12. The Balaban J connectivity index is 2.14. The first-order valence-corrected chi connectivity index (χ1v) is 10.2. The van der Waals surface area contributed by atoms with Crippen LogP contribution in [0.3, 0.4) is 0 Å². The molecular formula is C17H14F2IN3O3S. The molecule has 1 aromatic heterocycles. The highest BCUT2D eigenvalue weighted by atomic mass is 125. The summed E-state index contributed by atoms with van der Waals surface area (Å²) < 4.78 is 56.6. The monoisotopic (exact) mass is 502 g/mol. The van der Waals surface area contributed by atoms with E-state index in [0.29, 0.717) is 22.7 Å². The molecule has 0 fully saturated rings. The molecule has 0 atom stereocenters. The Morgan fingerprint density at radius 2 is 1.81 bits per heavy atom.